The molecular weight excluding hydrogens is 588 g/mol. The monoisotopic (exact) mass is 618 g/mol. The maximum Gasteiger partial charge on any atom is 0.407 e. The highest BCUT2D eigenvalue weighted by atomic mass is 35.5. The van der Waals surface area contributed by atoms with E-state index in [0.717, 1.165) is 11.1 Å². The Balaban J connectivity index is 1.56. The SMILES string of the molecule is COC(=O)Cc1ccc(-c2cc(C(CNC(=O)OC(C)(C)C)NC(=O)/C=C/c3cc(Cl)ccc3-n3cnnn3)cnn2)cc1. The maximum absolute atomic E-state index is 13.2. The predicted molar refractivity (Wildman–Crippen MR) is 162 cm³/mol. The van der Waals surface area contributed by atoms with Crippen LogP contribution in [0, 0.1) is 0 Å². The number of alkyl carbamates (subject to hydrolysis) is 1. The lowest BCUT2D eigenvalue weighted by molar-refractivity contribution is -0.139. The average molecular weight is 619 g/mol. The van der Waals surface area contributed by atoms with Crippen molar-refractivity contribution in [1.82, 2.24) is 41.0 Å². The first kappa shape index (κ1) is 31.8. The fourth-order valence-electron chi connectivity index (χ4n) is 4.02. The van der Waals surface area contributed by atoms with Gasteiger partial charge in [0.05, 0.1) is 37.2 Å². The molecule has 2 aromatic heterocycles. The van der Waals surface area contributed by atoms with Gasteiger partial charge in [-0.25, -0.2) is 4.79 Å². The van der Waals surface area contributed by atoms with E-state index in [-0.39, 0.29) is 18.9 Å². The zero-order chi connectivity index (χ0) is 31.7. The van der Waals surface area contributed by atoms with Crippen LogP contribution in [0.3, 0.4) is 0 Å². The number of nitrogens with one attached hydrogen (secondary N) is 2. The van der Waals surface area contributed by atoms with Gasteiger partial charge in [-0.05, 0) is 72.7 Å². The van der Waals surface area contributed by atoms with Gasteiger partial charge in [0.25, 0.3) is 0 Å². The van der Waals surface area contributed by atoms with E-state index in [4.69, 9.17) is 21.1 Å². The summed E-state index contributed by atoms with van der Waals surface area (Å²) in [5.41, 5.74) is 3.16. The van der Waals surface area contributed by atoms with Gasteiger partial charge in [0.1, 0.15) is 11.9 Å². The van der Waals surface area contributed by atoms with Gasteiger partial charge in [-0.2, -0.15) is 14.9 Å². The minimum Gasteiger partial charge on any atom is -0.469 e. The second-order valence-electron chi connectivity index (χ2n) is 10.6. The zero-order valence-electron chi connectivity index (χ0n) is 24.5. The number of esters is 1. The van der Waals surface area contributed by atoms with Crippen molar-refractivity contribution in [3.63, 3.8) is 0 Å². The molecule has 1 atom stereocenters. The van der Waals surface area contributed by atoms with Crippen molar-refractivity contribution in [3.8, 4) is 16.9 Å². The Hall–Kier alpha value is -5.17. The van der Waals surface area contributed by atoms with Crippen molar-refractivity contribution in [1.29, 1.82) is 0 Å². The Kier molecular flexibility index (Phi) is 10.3. The van der Waals surface area contributed by atoms with Crippen molar-refractivity contribution in [3.05, 3.63) is 88.8 Å². The van der Waals surface area contributed by atoms with E-state index < -0.39 is 23.6 Å². The van der Waals surface area contributed by atoms with Crippen LogP contribution < -0.4 is 10.6 Å². The topological polar surface area (TPSA) is 163 Å². The average Bonchev–Trinajstić information content (AvgIpc) is 3.52. The Morgan fingerprint density at radius 3 is 2.52 bits per heavy atom. The number of halogens is 1. The summed E-state index contributed by atoms with van der Waals surface area (Å²) in [6.45, 7) is 5.27. The molecule has 228 valence electrons. The lowest BCUT2D eigenvalue weighted by Gasteiger charge is -2.22. The third-order valence-electron chi connectivity index (χ3n) is 6.07. The van der Waals surface area contributed by atoms with Crippen LogP contribution in [0.25, 0.3) is 23.0 Å². The maximum atomic E-state index is 13.2. The molecular formula is C30H31ClN8O5. The van der Waals surface area contributed by atoms with Gasteiger partial charge in [-0.3, -0.25) is 9.59 Å². The molecule has 2 aromatic carbocycles. The van der Waals surface area contributed by atoms with Gasteiger partial charge in [0, 0.05) is 28.8 Å². The number of benzene rings is 2. The summed E-state index contributed by atoms with van der Waals surface area (Å²) in [5, 5.41) is 25.7. The Morgan fingerprint density at radius 2 is 1.84 bits per heavy atom. The Bertz CT molecular complexity index is 1640. The standard InChI is InChI=1S/C30H31ClN8O5/c1-30(2,3)44-29(42)32-17-25(22-15-24(36-33-16-22)20-7-5-19(6-8-20)13-28(41)43-4)35-27(40)12-9-21-14-23(31)10-11-26(21)39-18-34-37-38-39/h5-12,14-16,18,25H,13,17H2,1-4H3,(H,32,42)(H,35,40)/b12-9+. The molecule has 0 spiro atoms. The molecule has 0 saturated heterocycles. The van der Waals surface area contributed by atoms with E-state index in [1.807, 2.05) is 12.1 Å². The minimum atomic E-state index is -0.703. The van der Waals surface area contributed by atoms with Gasteiger partial charge in [-0.15, -0.1) is 5.10 Å². The summed E-state index contributed by atoms with van der Waals surface area (Å²) in [4.78, 5) is 37.2. The van der Waals surface area contributed by atoms with E-state index in [1.165, 1.54) is 30.4 Å². The highest BCUT2D eigenvalue weighted by Gasteiger charge is 2.20. The summed E-state index contributed by atoms with van der Waals surface area (Å²) in [6.07, 6.45) is 5.37. The van der Waals surface area contributed by atoms with E-state index >= 15 is 0 Å². The molecule has 13 nitrogen and oxygen atoms in total. The normalized spacial score (nSPS) is 12.0. The summed E-state index contributed by atoms with van der Waals surface area (Å²) in [6, 6.07) is 13.4. The largest absolute Gasteiger partial charge is 0.469 e. The van der Waals surface area contributed by atoms with Crippen LogP contribution in [0.4, 0.5) is 4.79 Å². The third-order valence-corrected chi connectivity index (χ3v) is 6.30. The van der Waals surface area contributed by atoms with Crippen LogP contribution in [0.1, 0.15) is 43.5 Å². The van der Waals surface area contributed by atoms with E-state index in [0.29, 0.717) is 27.5 Å². The molecule has 2 heterocycles. The van der Waals surface area contributed by atoms with Crippen LogP contribution in [-0.4, -0.2) is 67.6 Å². The van der Waals surface area contributed by atoms with Crippen molar-refractivity contribution < 1.29 is 23.9 Å². The number of amides is 2. The number of tetrazole rings is 1. The fourth-order valence-corrected chi connectivity index (χ4v) is 4.20. The highest BCUT2D eigenvalue weighted by molar-refractivity contribution is 6.30. The molecule has 0 saturated carbocycles. The molecule has 0 aliphatic rings. The Labute approximate surface area is 258 Å². The van der Waals surface area contributed by atoms with E-state index in [1.54, 1.807) is 63.2 Å². The molecule has 2 N–H and O–H groups in total. The molecule has 4 aromatic rings. The molecule has 14 heteroatoms. The molecule has 44 heavy (non-hydrogen) atoms. The van der Waals surface area contributed by atoms with Crippen LogP contribution in [0.2, 0.25) is 5.02 Å². The van der Waals surface area contributed by atoms with E-state index in [2.05, 4.69) is 36.4 Å². The molecule has 0 fully saturated rings. The first-order chi connectivity index (χ1) is 21.0. The lowest BCUT2D eigenvalue weighted by Crippen LogP contribution is -2.39. The molecule has 0 aliphatic heterocycles. The number of carbonyl (C=O) groups is 3. The summed E-state index contributed by atoms with van der Waals surface area (Å²) in [5.74, 6) is -0.791. The summed E-state index contributed by atoms with van der Waals surface area (Å²) < 4.78 is 11.5. The number of hydrogen-bond acceptors (Lipinski definition) is 10. The number of methoxy groups -OCH3 is 1. The summed E-state index contributed by atoms with van der Waals surface area (Å²) >= 11 is 6.20. The van der Waals surface area contributed by atoms with Crippen LogP contribution in [0.15, 0.2) is 67.1 Å². The molecule has 0 bridgehead atoms. The first-order valence-electron chi connectivity index (χ1n) is 13.5. The quantitative estimate of drug-likeness (QED) is 0.197. The lowest BCUT2D eigenvalue weighted by atomic mass is 10.0. The van der Waals surface area contributed by atoms with Gasteiger partial charge in [0.2, 0.25) is 5.91 Å². The van der Waals surface area contributed by atoms with Gasteiger partial charge in [-0.1, -0.05) is 35.9 Å². The van der Waals surface area contributed by atoms with Crippen LogP contribution in [0.5, 0.6) is 0 Å². The van der Waals surface area contributed by atoms with Crippen molar-refractivity contribution in [2.45, 2.75) is 38.8 Å². The van der Waals surface area contributed by atoms with Crippen LogP contribution in [-0.2, 0) is 25.5 Å². The second-order valence-corrected chi connectivity index (χ2v) is 11.0. The fraction of sp³-hybridized carbons (Fsp3) is 0.267. The van der Waals surface area contributed by atoms with Crippen LogP contribution >= 0.6 is 11.6 Å². The molecule has 2 amide bonds. The number of ether oxygens (including phenoxy) is 2. The first-order valence-corrected chi connectivity index (χ1v) is 13.9. The second kappa shape index (κ2) is 14.3. The molecule has 1 unspecified atom stereocenters. The highest BCUT2D eigenvalue weighted by Crippen LogP contribution is 2.23. The predicted octanol–water partition coefficient (Wildman–Crippen LogP) is 3.88. The minimum absolute atomic E-state index is 0.00470. The Morgan fingerprint density at radius 1 is 1.07 bits per heavy atom. The van der Waals surface area contributed by atoms with Crippen molar-refractivity contribution in [2.24, 2.45) is 0 Å². The smallest absolute Gasteiger partial charge is 0.407 e. The van der Waals surface area contributed by atoms with Gasteiger partial charge < -0.3 is 20.1 Å². The number of hydrogen-bond donors (Lipinski definition) is 2. The number of aromatic nitrogens is 6. The molecule has 4 rings (SSSR count). The zero-order valence-corrected chi connectivity index (χ0v) is 25.3. The number of rotatable bonds is 10. The third kappa shape index (κ3) is 9.16. The van der Waals surface area contributed by atoms with Crippen molar-refractivity contribution in [2.75, 3.05) is 13.7 Å². The van der Waals surface area contributed by atoms with E-state index in [9.17, 15) is 14.4 Å². The number of nitrogens with zero attached hydrogens (tertiary/aromatic N) is 6. The summed E-state index contributed by atoms with van der Waals surface area (Å²) in [7, 11) is 1.34. The van der Waals surface area contributed by atoms with Gasteiger partial charge in [0.15, 0.2) is 0 Å². The van der Waals surface area contributed by atoms with Crippen molar-refractivity contribution >= 4 is 35.6 Å². The molecule has 0 radical (unpaired) electrons. The number of carbonyl (C=O) groups excluding carboxylic acids is 3. The molecule has 0 aliphatic carbocycles. The van der Waals surface area contributed by atoms with Gasteiger partial charge >= 0.3 is 12.1 Å².